The van der Waals surface area contributed by atoms with Crippen LogP contribution in [0.5, 0.6) is 0 Å². The van der Waals surface area contributed by atoms with Gasteiger partial charge in [-0.15, -0.1) is 0 Å². The molecule has 3 N–H and O–H groups in total. The van der Waals surface area contributed by atoms with E-state index in [0.29, 0.717) is 21.3 Å². The third-order valence-electron chi connectivity index (χ3n) is 3.55. The molecule has 5 nitrogen and oxygen atoms in total. The number of anilines is 2. The molecule has 0 aliphatic rings. The Balaban J connectivity index is 1.97. The van der Waals surface area contributed by atoms with Gasteiger partial charge in [0.1, 0.15) is 0 Å². The molecule has 0 bridgehead atoms. The van der Waals surface area contributed by atoms with Crippen molar-refractivity contribution in [3.05, 3.63) is 57.6 Å². The molecule has 0 atom stereocenters. The Morgan fingerprint density at radius 1 is 1.04 bits per heavy atom. The predicted molar refractivity (Wildman–Crippen MR) is 107 cm³/mol. The Morgan fingerprint density at radius 3 is 2.42 bits per heavy atom. The van der Waals surface area contributed by atoms with Crippen LogP contribution >= 0.6 is 23.2 Å². The lowest BCUT2D eigenvalue weighted by Crippen LogP contribution is -2.30. The molecular formula is C19H21Cl2N3O2. The van der Waals surface area contributed by atoms with Crippen LogP contribution in [0.15, 0.2) is 36.4 Å². The summed E-state index contributed by atoms with van der Waals surface area (Å²) in [6.07, 6.45) is 0. The summed E-state index contributed by atoms with van der Waals surface area (Å²) in [6.45, 7) is 5.75. The molecule has 2 rings (SSSR count). The summed E-state index contributed by atoms with van der Waals surface area (Å²) < 4.78 is 0. The van der Waals surface area contributed by atoms with Gasteiger partial charge in [-0.25, -0.2) is 0 Å². The molecule has 0 saturated carbocycles. The molecule has 0 aromatic heterocycles. The molecule has 7 heteroatoms. The minimum absolute atomic E-state index is 0.0568. The fraction of sp³-hybridized carbons (Fsp3) is 0.263. The van der Waals surface area contributed by atoms with Gasteiger partial charge in [-0.2, -0.15) is 0 Å². The number of halogens is 2. The van der Waals surface area contributed by atoms with E-state index >= 15 is 0 Å². The molecule has 0 heterocycles. The van der Waals surface area contributed by atoms with Gasteiger partial charge >= 0.3 is 0 Å². The minimum Gasteiger partial charge on any atom is -0.376 e. The highest BCUT2D eigenvalue weighted by Gasteiger charge is 2.10. The highest BCUT2D eigenvalue weighted by molar-refractivity contribution is 6.35. The van der Waals surface area contributed by atoms with E-state index in [1.54, 1.807) is 36.4 Å². The summed E-state index contributed by atoms with van der Waals surface area (Å²) in [5, 5.41) is 9.52. The summed E-state index contributed by atoms with van der Waals surface area (Å²) in [7, 11) is 0. The standard InChI is InChI=1S/C19H21Cl2N3O2/c1-11(2)23-19(26)13-4-7-16(12(3)8-13)22-10-18(25)24-17-9-14(20)5-6-15(17)21/h4-9,11,22H,10H2,1-3H3,(H,23,26)(H,24,25). The summed E-state index contributed by atoms with van der Waals surface area (Å²) in [4.78, 5) is 24.1. The zero-order valence-corrected chi connectivity index (χ0v) is 16.3. The molecule has 0 saturated heterocycles. The van der Waals surface area contributed by atoms with Gasteiger partial charge in [0, 0.05) is 22.3 Å². The molecule has 0 radical (unpaired) electrons. The zero-order chi connectivity index (χ0) is 19.3. The quantitative estimate of drug-likeness (QED) is 0.676. The zero-order valence-electron chi connectivity index (χ0n) is 14.8. The van der Waals surface area contributed by atoms with Crippen molar-refractivity contribution in [3.8, 4) is 0 Å². The number of aryl methyl sites for hydroxylation is 1. The second-order valence-electron chi connectivity index (χ2n) is 6.18. The van der Waals surface area contributed by atoms with Crippen LogP contribution in [0.3, 0.4) is 0 Å². The molecule has 2 amide bonds. The van der Waals surface area contributed by atoms with Gasteiger partial charge in [0.25, 0.3) is 5.91 Å². The molecular weight excluding hydrogens is 373 g/mol. The van der Waals surface area contributed by atoms with Gasteiger partial charge in [0.15, 0.2) is 0 Å². The average molecular weight is 394 g/mol. The van der Waals surface area contributed by atoms with Crippen molar-refractivity contribution in [2.75, 3.05) is 17.2 Å². The average Bonchev–Trinajstić information content (AvgIpc) is 2.56. The third-order valence-corrected chi connectivity index (χ3v) is 4.11. The van der Waals surface area contributed by atoms with E-state index in [9.17, 15) is 9.59 Å². The van der Waals surface area contributed by atoms with E-state index in [4.69, 9.17) is 23.2 Å². The van der Waals surface area contributed by atoms with Crippen LogP contribution in [-0.4, -0.2) is 24.4 Å². The van der Waals surface area contributed by atoms with Crippen molar-refractivity contribution >= 4 is 46.4 Å². The summed E-state index contributed by atoms with van der Waals surface area (Å²) in [5.74, 6) is -0.377. The van der Waals surface area contributed by atoms with E-state index in [-0.39, 0.29) is 24.4 Å². The summed E-state index contributed by atoms with van der Waals surface area (Å²) >= 11 is 11.9. The van der Waals surface area contributed by atoms with Gasteiger partial charge in [-0.3, -0.25) is 9.59 Å². The maximum atomic E-state index is 12.1. The fourth-order valence-electron chi connectivity index (χ4n) is 2.31. The Hall–Kier alpha value is -2.24. The topological polar surface area (TPSA) is 70.2 Å². The van der Waals surface area contributed by atoms with Crippen molar-refractivity contribution < 1.29 is 9.59 Å². The molecule has 138 valence electrons. The first kappa shape index (κ1) is 20.1. The second-order valence-corrected chi connectivity index (χ2v) is 7.03. The highest BCUT2D eigenvalue weighted by atomic mass is 35.5. The number of carbonyl (C=O) groups is 2. The number of hydrogen-bond donors (Lipinski definition) is 3. The summed E-state index contributed by atoms with van der Waals surface area (Å²) in [5.41, 5.74) is 2.69. The SMILES string of the molecule is Cc1cc(C(=O)NC(C)C)ccc1NCC(=O)Nc1cc(Cl)ccc1Cl. The van der Waals surface area contributed by atoms with E-state index < -0.39 is 0 Å². The minimum atomic E-state index is -0.254. The normalized spacial score (nSPS) is 10.5. The van der Waals surface area contributed by atoms with Crippen LogP contribution in [0.2, 0.25) is 10.0 Å². The van der Waals surface area contributed by atoms with E-state index in [0.717, 1.165) is 11.3 Å². The van der Waals surface area contributed by atoms with Gasteiger partial charge in [-0.1, -0.05) is 23.2 Å². The number of nitrogens with one attached hydrogen (secondary N) is 3. The number of hydrogen-bond acceptors (Lipinski definition) is 3. The highest BCUT2D eigenvalue weighted by Crippen LogP contribution is 2.25. The van der Waals surface area contributed by atoms with Gasteiger partial charge in [-0.05, 0) is 62.7 Å². The van der Waals surface area contributed by atoms with E-state index in [1.165, 1.54) is 0 Å². The molecule has 0 fully saturated rings. The Kier molecular flexibility index (Phi) is 6.89. The molecule has 0 spiro atoms. The first-order valence-corrected chi connectivity index (χ1v) is 8.92. The van der Waals surface area contributed by atoms with Gasteiger partial charge in [0.2, 0.25) is 5.91 Å². The third kappa shape index (κ3) is 5.64. The lowest BCUT2D eigenvalue weighted by atomic mass is 10.1. The van der Waals surface area contributed by atoms with Gasteiger partial charge in [0.05, 0.1) is 17.3 Å². The number of amides is 2. The monoisotopic (exact) mass is 393 g/mol. The van der Waals surface area contributed by atoms with Crippen LogP contribution in [-0.2, 0) is 4.79 Å². The predicted octanol–water partition coefficient (Wildman–Crippen LogP) is 4.49. The molecule has 2 aromatic rings. The number of benzene rings is 2. The Morgan fingerprint density at radius 2 is 1.77 bits per heavy atom. The maximum Gasteiger partial charge on any atom is 0.251 e. The lowest BCUT2D eigenvalue weighted by molar-refractivity contribution is -0.114. The molecule has 0 unspecified atom stereocenters. The van der Waals surface area contributed by atoms with Crippen molar-refractivity contribution in [2.24, 2.45) is 0 Å². The number of carbonyl (C=O) groups excluding carboxylic acids is 2. The van der Waals surface area contributed by atoms with Crippen molar-refractivity contribution in [1.82, 2.24) is 5.32 Å². The van der Waals surface area contributed by atoms with Crippen LogP contribution in [0, 0.1) is 6.92 Å². The van der Waals surface area contributed by atoms with Crippen LogP contribution < -0.4 is 16.0 Å². The Bertz CT molecular complexity index is 822. The maximum absolute atomic E-state index is 12.1. The van der Waals surface area contributed by atoms with E-state index in [1.807, 2.05) is 20.8 Å². The molecule has 26 heavy (non-hydrogen) atoms. The molecule has 0 aliphatic heterocycles. The Labute approximate surface area is 163 Å². The molecule has 2 aromatic carbocycles. The first-order chi connectivity index (χ1) is 12.3. The molecule has 0 aliphatic carbocycles. The van der Waals surface area contributed by atoms with Crippen molar-refractivity contribution in [1.29, 1.82) is 0 Å². The fourth-order valence-corrected chi connectivity index (χ4v) is 2.65. The lowest BCUT2D eigenvalue weighted by Gasteiger charge is -2.13. The van der Waals surface area contributed by atoms with Crippen LogP contribution in [0.4, 0.5) is 11.4 Å². The largest absolute Gasteiger partial charge is 0.376 e. The first-order valence-electron chi connectivity index (χ1n) is 8.16. The van der Waals surface area contributed by atoms with E-state index in [2.05, 4.69) is 16.0 Å². The smallest absolute Gasteiger partial charge is 0.251 e. The summed E-state index contributed by atoms with van der Waals surface area (Å²) in [6, 6.07) is 10.2. The van der Waals surface area contributed by atoms with Gasteiger partial charge < -0.3 is 16.0 Å². The number of rotatable bonds is 6. The van der Waals surface area contributed by atoms with Crippen molar-refractivity contribution in [3.63, 3.8) is 0 Å². The van der Waals surface area contributed by atoms with Crippen LogP contribution in [0.1, 0.15) is 29.8 Å². The van der Waals surface area contributed by atoms with Crippen LogP contribution in [0.25, 0.3) is 0 Å². The van der Waals surface area contributed by atoms with Crippen molar-refractivity contribution in [2.45, 2.75) is 26.8 Å². The second kappa shape index (κ2) is 8.92.